The second kappa shape index (κ2) is 6.02. The first-order valence-electron chi connectivity index (χ1n) is 5.80. The topological polar surface area (TPSA) is 46.2 Å². The van der Waals surface area contributed by atoms with Crippen molar-refractivity contribution in [2.24, 2.45) is 11.7 Å². The second-order valence-corrected chi connectivity index (χ2v) is 4.70. The van der Waals surface area contributed by atoms with Gasteiger partial charge in [0, 0.05) is 12.0 Å². The van der Waals surface area contributed by atoms with Gasteiger partial charge in [0.25, 0.3) is 0 Å². The van der Waals surface area contributed by atoms with Crippen molar-refractivity contribution in [3.63, 3.8) is 0 Å². The molecule has 0 saturated carbocycles. The van der Waals surface area contributed by atoms with E-state index in [1.54, 1.807) is 0 Å². The van der Waals surface area contributed by atoms with E-state index >= 15 is 0 Å². The summed E-state index contributed by atoms with van der Waals surface area (Å²) in [6.45, 7) is 5.85. The maximum Gasteiger partial charge on any atom is 0.0558 e. The summed E-state index contributed by atoms with van der Waals surface area (Å²) in [6, 6.07) is 10.1. The molecule has 0 amide bonds. The van der Waals surface area contributed by atoms with Gasteiger partial charge in [0.2, 0.25) is 0 Å². The summed E-state index contributed by atoms with van der Waals surface area (Å²) in [5.41, 5.74) is 7.34. The molecular formula is C14H22NO. The maximum absolute atomic E-state index is 9.80. The Hall–Kier alpha value is -0.860. The Balaban J connectivity index is 2.73. The first-order chi connectivity index (χ1) is 7.52. The summed E-state index contributed by atoms with van der Waals surface area (Å²) in [5.74, 6) is 1.26. The standard InChI is InChI=1S/C14H22NO/c1-10(2)14(15)13(11(3)16)9-12-7-5-4-6-8-12/h4-8,11,13-14,16H,9,15H2,1-3H3/t11-,13?,14?/m0/s1. The van der Waals surface area contributed by atoms with Gasteiger partial charge in [0.15, 0.2) is 0 Å². The van der Waals surface area contributed by atoms with Gasteiger partial charge in [0.05, 0.1) is 6.10 Å². The van der Waals surface area contributed by atoms with Gasteiger partial charge in [-0.2, -0.15) is 0 Å². The maximum atomic E-state index is 9.80. The molecule has 3 atom stereocenters. The van der Waals surface area contributed by atoms with Gasteiger partial charge in [-0.3, -0.25) is 0 Å². The van der Waals surface area contributed by atoms with Crippen molar-refractivity contribution in [3.8, 4) is 0 Å². The first kappa shape index (κ1) is 13.2. The van der Waals surface area contributed by atoms with Crippen LogP contribution in [0.3, 0.4) is 0 Å². The zero-order chi connectivity index (χ0) is 12.1. The number of hydrogen-bond acceptors (Lipinski definition) is 2. The number of hydrogen-bond donors (Lipinski definition) is 2. The number of aliphatic hydroxyl groups is 1. The highest BCUT2D eigenvalue weighted by atomic mass is 16.3. The van der Waals surface area contributed by atoms with Crippen molar-refractivity contribution in [1.82, 2.24) is 0 Å². The van der Waals surface area contributed by atoms with Crippen LogP contribution in [-0.4, -0.2) is 17.3 Å². The van der Waals surface area contributed by atoms with Crippen LogP contribution in [0.4, 0.5) is 0 Å². The fourth-order valence-electron chi connectivity index (χ4n) is 1.91. The molecule has 0 spiro atoms. The molecule has 2 unspecified atom stereocenters. The lowest BCUT2D eigenvalue weighted by Gasteiger charge is -2.29. The minimum Gasteiger partial charge on any atom is -0.393 e. The summed E-state index contributed by atoms with van der Waals surface area (Å²) < 4.78 is 0. The van der Waals surface area contributed by atoms with Crippen LogP contribution in [0.5, 0.6) is 0 Å². The highest BCUT2D eigenvalue weighted by Crippen LogP contribution is 2.20. The Kier molecular flexibility index (Phi) is 4.97. The van der Waals surface area contributed by atoms with E-state index in [1.165, 1.54) is 11.5 Å². The second-order valence-electron chi connectivity index (χ2n) is 4.70. The van der Waals surface area contributed by atoms with E-state index in [0.717, 1.165) is 6.42 Å². The van der Waals surface area contributed by atoms with Crippen LogP contribution in [-0.2, 0) is 6.42 Å². The SMILES string of the molecule is C[C](C)C(N)C(Cc1ccccc1)[C@H](C)O. The molecule has 0 aliphatic carbocycles. The molecule has 0 fully saturated rings. The van der Waals surface area contributed by atoms with Gasteiger partial charge >= 0.3 is 0 Å². The largest absolute Gasteiger partial charge is 0.393 e. The van der Waals surface area contributed by atoms with E-state index < -0.39 is 0 Å². The monoisotopic (exact) mass is 220 g/mol. The zero-order valence-electron chi connectivity index (χ0n) is 10.4. The fourth-order valence-corrected chi connectivity index (χ4v) is 1.91. The average Bonchev–Trinajstić information content (AvgIpc) is 2.26. The number of nitrogens with two attached hydrogens (primary N) is 1. The zero-order valence-corrected chi connectivity index (χ0v) is 10.4. The van der Waals surface area contributed by atoms with E-state index in [-0.39, 0.29) is 18.1 Å². The van der Waals surface area contributed by atoms with E-state index in [2.05, 4.69) is 12.1 Å². The van der Waals surface area contributed by atoms with E-state index in [1.807, 2.05) is 39.0 Å². The lowest BCUT2D eigenvalue weighted by atomic mass is 9.83. The number of benzene rings is 1. The minimum absolute atomic E-state index is 0.0415. The number of aliphatic hydroxyl groups excluding tert-OH is 1. The molecule has 1 rings (SSSR count). The molecule has 0 heterocycles. The van der Waals surface area contributed by atoms with Gasteiger partial charge in [-0.1, -0.05) is 44.2 Å². The molecule has 2 nitrogen and oxygen atoms in total. The molecule has 1 radical (unpaired) electrons. The summed E-state index contributed by atoms with van der Waals surface area (Å²) >= 11 is 0. The van der Waals surface area contributed by atoms with Crippen molar-refractivity contribution in [3.05, 3.63) is 41.8 Å². The van der Waals surface area contributed by atoms with Crippen molar-refractivity contribution in [2.75, 3.05) is 0 Å². The molecule has 3 N–H and O–H groups in total. The van der Waals surface area contributed by atoms with Crippen molar-refractivity contribution in [2.45, 2.75) is 39.3 Å². The Morgan fingerprint density at radius 2 is 1.81 bits per heavy atom. The summed E-state index contributed by atoms with van der Waals surface area (Å²) in [4.78, 5) is 0. The predicted octanol–water partition coefficient (Wildman–Crippen LogP) is 2.17. The van der Waals surface area contributed by atoms with Crippen molar-refractivity contribution < 1.29 is 5.11 Å². The third-order valence-corrected chi connectivity index (χ3v) is 3.06. The highest BCUT2D eigenvalue weighted by Gasteiger charge is 2.25. The third-order valence-electron chi connectivity index (χ3n) is 3.06. The quantitative estimate of drug-likeness (QED) is 0.799. The normalized spacial score (nSPS) is 17.1. The summed E-state index contributed by atoms with van der Waals surface area (Å²) in [7, 11) is 0. The third kappa shape index (κ3) is 3.62. The van der Waals surface area contributed by atoms with Crippen LogP contribution in [0, 0.1) is 11.8 Å². The molecule has 0 bridgehead atoms. The van der Waals surface area contributed by atoms with Crippen LogP contribution >= 0.6 is 0 Å². The van der Waals surface area contributed by atoms with Crippen LogP contribution in [0.25, 0.3) is 0 Å². The van der Waals surface area contributed by atoms with Gasteiger partial charge < -0.3 is 10.8 Å². The van der Waals surface area contributed by atoms with Crippen LogP contribution in [0.2, 0.25) is 0 Å². The van der Waals surface area contributed by atoms with E-state index in [9.17, 15) is 5.11 Å². The molecule has 1 aromatic rings. The molecule has 16 heavy (non-hydrogen) atoms. The minimum atomic E-state index is -0.384. The molecule has 0 aromatic heterocycles. The lowest BCUT2D eigenvalue weighted by Crippen LogP contribution is -2.41. The molecule has 2 heteroatoms. The van der Waals surface area contributed by atoms with Gasteiger partial charge in [0.1, 0.15) is 0 Å². The highest BCUT2D eigenvalue weighted by molar-refractivity contribution is 5.16. The Morgan fingerprint density at radius 3 is 2.25 bits per heavy atom. The molecule has 0 aliphatic heterocycles. The average molecular weight is 220 g/mol. The molecule has 89 valence electrons. The smallest absolute Gasteiger partial charge is 0.0558 e. The molecule has 0 saturated heterocycles. The van der Waals surface area contributed by atoms with Crippen molar-refractivity contribution in [1.29, 1.82) is 0 Å². The Bertz CT molecular complexity index is 295. The van der Waals surface area contributed by atoms with Crippen LogP contribution in [0.1, 0.15) is 26.3 Å². The summed E-state index contributed by atoms with van der Waals surface area (Å²) in [6.07, 6.45) is 0.440. The van der Waals surface area contributed by atoms with Crippen LogP contribution < -0.4 is 5.73 Å². The van der Waals surface area contributed by atoms with Crippen LogP contribution in [0.15, 0.2) is 30.3 Å². The molecular weight excluding hydrogens is 198 g/mol. The van der Waals surface area contributed by atoms with Gasteiger partial charge in [-0.25, -0.2) is 0 Å². The molecule has 0 aliphatic rings. The van der Waals surface area contributed by atoms with E-state index in [0.29, 0.717) is 0 Å². The van der Waals surface area contributed by atoms with Gasteiger partial charge in [-0.15, -0.1) is 0 Å². The Labute approximate surface area is 98.5 Å². The predicted molar refractivity (Wildman–Crippen MR) is 67.9 cm³/mol. The fraction of sp³-hybridized carbons (Fsp3) is 0.500. The summed E-state index contributed by atoms with van der Waals surface area (Å²) in [5, 5.41) is 9.80. The van der Waals surface area contributed by atoms with Crippen molar-refractivity contribution >= 4 is 0 Å². The number of rotatable bonds is 5. The van der Waals surface area contributed by atoms with E-state index in [4.69, 9.17) is 5.73 Å². The first-order valence-corrected chi connectivity index (χ1v) is 5.80. The lowest BCUT2D eigenvalue weighted by molar-refractivity contribution is 0.112. The molecule has 1 aromatic carbocycles. The van der Waals surface area contributed by atoms with Gasteiger partial charge in [-0.05, 0) is 24.8 Å². The Morgan fingerprint density at radius 1 is 1.25 bits per heavy atom.